The van der Waals surface area contributed by atoms with E-state index in [4.69, 9.17) is 9.47 Å². The van der Waals surface area contributed by atoms with Crippen LogP contribution in [0.5, 0.6) is 0 Å². The minimum Gasteiger partial charge on any atom is -0.357 e. The van der Waals surface area contributed by atoms with E-state index < -0.39 is 8.96 Å². The highest BCUT2D eigenvalue weighted by Crippen LogP contribution is 2.06. The maximum Gasteiger partial charge on any atom is 0.244 e. The van der Waals surface area contributed by atoms with Crippen LogP contribution in [0.4, 0.5) is 0 Å². The van der Waals surface area contributed by atoms with E-state index in [9.17, 15) is 4.79 Å². The van der Waals surface area contributed by atoms with Crippen molar-refractivity contribution in [3.8, 4) is 0 Å². The first-order chi connectivity index (χ1) is 5.79. The van der Waals surface area contributed by atoms with Crippen molar-refractivity contribution in [3.63, 3.8) is 0 Å². The average Bonchev–Trinajstić information content (AvgIpc) is 2.07. The van der Waals surface area contributed by atoms with Crippen molar-refractivity contribution in [1.82, 2.24) is 0 Å². The fraction of sp³-hybridized carbons (Fsp3) is 0.857. The predicted octanol–water partition coefficient (Wildman–Crippen LogP) is 0.614. The molecule has 5 heteroatoms. The van der Waals surface area contributed by atoms with E-state index in [0.717, 1.165) is 12.5 Å². The second-order valence-corrected chi connectivity index (χ2v) is 4.93. The minimum absolute atomic E-state index is 0.300. The lowest BCUT2D eigenvalue weighted by Crippen LogP contribution is -2.32. The van der Waals surface area contributed by atoms with Gasteiger partial charge in [-0.25, -0.2) is 9.45 Å². The number of ether oxygens (including phenoxy) is 2. The predicted molar refractivity (Wildman–Crippen MR) is 48.2 cm³/mol. The third-order valence-corrected chi connectivity index (χ3v) is 4.36. The molecule has 70 valence electrons. The van der Waals surface area contributed by atoms with E-state index in [1.807, 2.05) is 6.92 Å². The highest BCUT2D eigenvalue weighted by atomic mass is 28.3. The molecule has 1 atom stereocenters. The molecule has 0 saturated carbocycles. The van der Waals surface area contributed by atoms with Gasteiger partial charge in [0, 0.05) is 14.2 Å². The Labute approximate surface area is 74.3 Å². The molecule has 4 nitrogen and oxygen atoms in total. The van der Waals surface area contributed by atoms with Gasteiger partial charge in [-0.3, -0.25) is 0 Å². The van der Waals surface area contributed by atoms with Crippen LogP contribution in [-0.4, -0.2) is 35.2 Å². The van der Waals surface area contributed by atoms with E-state index in [2.05, 4.69) is 4.66 Å². The van der Waals surface area contributed by atoms with Gasteiger partial charge in [0.1, 0.15) is 0 Å². The van der Waals surface area contributed by atoms with Gasteiger partial charge in [0.15, 0.2) is 5.91 Å². The molecule has 0 spiro atoms. The van der Waals surface area contributed by atoms with Crippen molar-refractivity contribution in [1.29, 1.82) is 0 Å². The number of methoxy groups -OCH3 is 2. The van der Waals surface area contributed by atoms with Gasteiger partial charge in [-0.15, -0.1) is 0 Å². The van der Waals surface area contributed by atoms with Crippen molar-refractivity contribution in [3.05, 3.63) is 0 Å². The molecule has 0 N–H and O–H groups in total. The summed E-state index contributed by atoms with van der Waals surface area (Å²) in [6.45, 7) is 2.04. The number of rotatable bonds is 6. The number of isocyanates is 1. The summed E-state index contributed by atoms with van der Waals surface area (Å²) in [4.78, 5) is 10.1. The molecule has 0 radical (unpaired) electrons. The van der Waals surface area contributed by atoms with Crippen LogP contribution in [0.2, 0.25) is 6.04 Å². The summed E-state index contributed by atoms with van der Waals surface area (Å²) in [5, 5.41) is 0. The standard InChI is InChI=1S/C7H15NO3Si/c1-4-5-12(8-6-9)7(10-2)11-3/h7,12H,4-5H2,1-3H3. The first-order valence-electron chi connectivity index (χ1n) is 3.92. The normalized spacial score (nSPS) is 12.7. The van der Waals surface area contributed by atoms with Gasteiger partial charge in [0.2, 0.25) is 15.0 Å². The lowest BCUT2D eigenvalue weighted by Gasteiger charge is -2.17. The second kappa shape index (κ2) is 7.18. The van der Waals surface area contributed by atoms with Gasteiger partial charge in [-0.05, 0) is 6.04 Å². The highest BCUT2D eigenvalue weighted by Gasteiger charge is 2.21. The Bertz CT molecular complexity index is 155. The van der Waals surface area contributed by atoms with E-state index in [0.29, 0.717) is 0 Å². The summed E-state index contributed by atoms with van der Waals surface area (Å²) in [6.07, 6.45) is 2.57. The van der Waals surface area contributed by atoms with Crippen LogP contribution in [-0.2, 0) is 14.3 Å². The van der Waals surface area contributed by atoms with Crippen molar-refractivity contribution < 1.29 is 14.3 Å². The molecule has 0 bridgehead atoms. The summed E-state index contributed by atoms with van der Waals surface area (Å²) in [5.41, 5.74) is 0. The highest BCUT2D eigenvalue weighted by molar-refractivity contribution is 6.58. The summed E-state index contributed by atoms with van der Waals surface area (Å²) in [6, 6.07) is 0.904. The van der Waals surface area contributed by atoms with E-state index in [-0.39, 0.29) is 5.91 Å². The van der Waals surface area contributed by atoms with Crippen LogP contribution >= 0.6 is 0 Å². The zero-order valence-electron chi connectivity index (χ0n) is 7.74. The first-order valence-corrected chi connectivity index (χ1v) is 5.92. The van der Waals surface area contributed by atoms with Crippen molar-refractivity contribution in [2.75, 3.05) is 14.2 Å². The van der Waals surface area contributed by atoms with Crippen LogP contribution in [0, 0.1) is 0 Å². The zero-order valence-corrected chi connectivity index (χ0v) is 8.90. The molecule has 0 amide bonds. The first kappa shape index (κ1) is 11.5. The lowest BCUT2D eigenvalue weighted by atomic mass is 10.6. The molecule has 0 aromatic heterocycles. The van der Waals surface area contributed by atoms with Gasteiger partial charge in [0.05, 0.1) is 0 Å². The van der Waals surface area contributed by atoms with Crippen LogP contribution < -0.4 is 0 Å². The van der Waals surface area contributed by atoms with E-state index >= 15 is 0 Å². The SMILES string of the molecule is CCC[SiH](N=C=O)C(OC)OC. The van der Waals surface area contributed by atoms with Crippen molar-refractivity contribution >= 4 is 15.0 Å². The minimum atomic E-state index is -1.59. The monoisotopic (exact) mass is 189 g/mol. The maximum atomic E-state index is 10.1. The smallest absolute Gasteiger partial charge is 0.244 e. The number of carbonyl (C=O) groups excluding carboxylic acids is 1. The molecule has 0 rings (SSSR count). The molecule has 0 saturated heterocycles. The van der Waals surface area contributed by atoms with Gasteiger partial charge in [-0.2, -0.15) is 0 Å². The molecule has 0 fully saturated rings. The van der Waals surface area contributed by atoms with E-state index in [1.54, 1.807) is 20.3 Å². The van der Waals surface area contributed by atoms with Crippen LogP contribution in [0.3, 0.4) is 0 Å². The largest absolute Gasteiger partial charge is 0.357 e. The lowest BCUT2D eigenvalue weighted by molar-refractivity contribution is -0.0474. The maximum absolute atomic E-state index is 10.1. The second-order valence-electron chi connectivity index (χ2n) is 2.42. The third-order valence-electron chi connectivity index (χ3n) is 1.58. The molecule has 1 unspecified atom stereocenters. The molecule has 0 aromatic carbocycles. The Hall–Kier alpha value is -0.483. The Balaban J connectivity index is 4.14. The topological polar surface area (TPSA) is 47.9 Å². The van der Waals surface area contributed by atoms with Gasteiger partial charge >= 0.3 is 0 Å². The third kappa shape index (κ3) is 3.78. The number of hydrogen-bond donors (Lipinski definition) is 0. The molecule has 0 aromatic rings. The average molecular weight is 189 g/mol. The summed E-state index contributed by atoms with van der Waals surface area (Å²) < 4.78 is 13.8. The summed E-state index contributed by atoms with van der Waals surface area (Å²) >= 11 is 0. The Morgan fingerprint density at radius 3 is 2.42 bits per heavy atom. The molecular weight excluding hydrogens is 174 g/mol. The van der Waals surface area contributed by atoms with Gasteiger partial charge in [-0.1, -0.05) is 13.3 Å². The van der Waals surface area contributed by atoms with Crippen LogP contribution in [0.25, 0.3) is 0 Å². The van der Waals surface area contributed by atoms with Gasteiger partial charge in [0.25, 0.3) is 0 Å². The van der Waals surface area contributed by atoms with Crippen molar-refractivity contribution in [2.45, 2.75) is 25.3 Å². The molecule has 0 aliphatic rings. The van der Waals surface area contributed by atoms with Gasteiger partial charge < -0.3 is 9.47 Å². The molecular formula is C7H15NO3Si. The Kier molecular flexibility index (Phi) is 6.89. The summed E-state index contributed by atoms with van der Waals surface area (Å²) in [7, 11) is 1.53. The quantitative estimate of drug-likeness (QED) is 0.266. The number of nitrogens with zero attached hydrogens (tertiary/aromatic N) is 1. The van der Waals surface area contributed by atoms with Crippen molar-refractivity contribution in [2.24, 2.45) is 4.66 Å². The van der Waals surface area contributed by atoms with Crippen LogP contribution in [0.15, 0.2) is 4.66 Å². The van der Waals surface area contributed by atoms with Crippen LogP contribution in [0.1, 0.15) is 13.3 Å². The number of hydrogen-bond acceptors (Lipinski definition) is 4. The molecule has 0 heterocycles. The molecule has 0 aliphatic heterocycles. The zero-order chi connectivity index (χ0) is 9.40. The fourth-order valence-corrected chi connectivity index (χ4v) is 2.91. The fourth-order valence-electron chi connectivity index (χ4n) is 1.04. The Morgan fingerprint density at radius 2 is 2.08 bits per heavy atom. The molecule has 12 heavy (non-hydrogen) atoms. The Morgan fingerprint density at radius 1 is 1.50 bits per heavy atom. The molecule has 0 aliphatic carbocycles. The van der Waals surface area contributed by atoms with E-state index in [1.165, 1.54) is 0 Å². The summed E-state index contributed by atoms with van der Waals surface area (Å²) in [5.74, 6) is -0.300.